The number of rotatable bonds is 4. The molecule has 1 fully saturated rings. The second kappa shape index (κ2) is 8.00. The molecule has 0 aliphatic carbocycles. The standard InChI is InChI=1S/C16H13ClN4O3S/c17-10-3-5-11(6-4-10)19-15(23)13-8-14(22)20-16(25-13)21-18-9-12-2-1-7-24-12/h1-7,9,13H,8H2,(H,19,23)(H,20,21,22)/t13-/m0/s1. The Morgan fingerprint density at radius 2 is 2.16 bits per heavy atom. The maximum absolute atomic E-state index is 12.4. The van der Waals surface area contributed by atoms with E-state index >= 15 is 0 Å². The van der Waals surface area contributed by atoms with Crippen molar-refractivity contribution in [2.75, 3.05) is 5.32 Å². The first-order valence-corrected chi connectivity index (χ1v) is 8.53. The number of anilines is 1. The van der Waals surface area contributed by atoms with Gasteiger partial charge in [0.15, 0.2) is 5.17 Å². The minimum Gasteiger partial charge on any atom is -0.463 e. The van der Waals surface area contributed by atoms with Gasteiger partial charge in [-0.05, 0) is 36.4 Å². The summed E-state index contributed by atoms with van der Waals surface area (Å²) in [6.07, 6.45) is 2.99. The van der Waals surface area contributed by atoms with Crippen LogP contribution in [0.4, 0.5) is 5.69 Å². The topological polar surface area (TPSA) is 96.1 Å². The summed E-state index contributed by atoms with van der Waals surface area (Å²) in [5.41, 5.74) is 0.607. The summed E-state index contributed by atoms with van der Waals surface area (Å²) in [6, 6.07) is 10.2. The van der Waals surface area contributed by atoms with Gasteiger partial charge in [-0.1, -0.05) is 23.4 Å². The van der Waals surface area contributed by atoms with Crippen LogP contribution in [0.5, 0.6) is 0 Å². The summed E-state index contributed by atoms with van der Waals surface area (Å²) >= 11 is 6.95. The Bertz CT molecular complexity index is 818. The van der Waals surface area contributed by atoms with Crippen LogP contribution in [0.1, 0.15) is 12.2 Å². The molecule has 2 N–H and O–H groups in total. The number of hydrogen-bond acceptors (Lipinski definition) is 6. The first kappa shape index (κ1) is 17.2. The number of nitrogens with zero attached hydrogens (tertiary/aromatic N) is 2. The van der Waals surface area contributed by atoms with Crippen molar-refractivity contribution in [1.82, 2.24) is 5.32 Å². The van der Waals surface area contributed by atoms with Crippen LogP contribution in [0.25, 0.3) is 0 Å². The van der Waals surface area contributed by atoms with E-state index in [0.29, 0.717) is 16.5 Å². The van der Waals surface area contributed by atoms with Crippen molar-refractivity contribution >= 4 is 52.2 Å². The molecule has 2 aromatic rings. The quantitative estimate of drug-likeness (QED) is 0.633. The number of hydrogen-bond donors (Lipinski definition) is 2. The van der Waals surface area contributed by atoms with Gasteiger partial charge >= 0.3 is 0 Å². The molecule has 1 atom stereocenters. The molecule has 1 aromatic heterocycles. The highest BCUT2D eigenvalue weighted by Gasteiger charge is 2.30. The zero-order valence-electron chi connectivity index (χ0n) is 12.8. The lowest BCUT2D eigenvalue weighted by Crippen LogP contribution is -2.41. The molecule has 0 bridgehead atoms. The van der Waals surface area contributed by atoms with E-state index in [0.717, 1.165) is 11.8 Å². The molecule has 1 aromatic carbocycles. The number of halogens is 1. The molecule has 1 aliphatic heterocycles. The molecule has 9 heteroatoms. The third-order valence-corrected chi connectivity index (χ3v) is 4.48. The molecule has 3 rings (SSSR count). The van der Waals surface area contributed by atoms with E-state index in [2.05, 4.69) is 20.8 Å². The van der Waals surface area contributed by atoms with Crippen LogP contribution in [-0.2, 0) is 9.59 Å². The Balaban J connectivity index is 1.64. The van der Waals surface area contributed by atoms with Gasteiger partial charge in [-0.15, -0.1) is 5.10 Å². The Morgan fingerprint density at radius 1 is 1.36 bits per heavy atom. The van der Waals surface area contributed by atoms with E-state index in [1.807, 2.05) is 0 Å². The van der Waals surface area contributed by atoms with Crippen LogP contribution in [0.3, 0.4) is 0 Å². The molecule has 0 saturated carbocycles. The van der Waals surface area contributed by atoms with Gasteiger partial charge in [-0.3, -0.25) is 9.59 Å². The maximum atomic E-state index is 12.4. The highest BCUT2D eigenvalue weighted by Crippen LogP contribution is 2.23. The second-order valence-corrected chi connectivity index (χ2v) is 6.65. The van der Waals surface area contributed by atoms with E-state index in [1.54, 1.807) is 36.4 Å². The van der Waals surface area contributed by atoms with Crippen LogP contribution in [0, 0.1) is 0 Å². The first-order chi connectivity index (χ1) is 12.1. The fourth-order valence-electron chi connectivity index (χ4n) is 2.00. The molecule has 1 saturated heterocycles. The summed E-state index contributed by atoms with van der Waals surface area (Å²) < 4.78 is 5.09. The maximum Gasteiger partial charge on any atom is 0.238 e. The van der Waals surface area contributed by atoms with Gasteiger partial charge in [0.05, 0.1) is 12.5 Å². The van der Waals surface area contributed by atoms with E-state index in [4.69, 9.17) is 16.0 Å². The van der Waals surface area contributed by atoms with Gasteiger partial charge in [0, 0.05) is 17.1 Å². The lowest BCUT2D eigenvalue weighted by Gasteiger charge is -2.21. The highest BCUT2D eigenvalue weighted by molar-refractivity contribution is 8.15. The Labute approximate surface area is 152 Å². The SMILES string of the molecule is O=C1C[C@@H](C(=O)Nc2ccc(Cl)cc2)SC(=NN=Cc2ccco2)N1. The average Bonchev–Trinajstić information content (AvgIpc) is 3.10. The number of carbonyl (C=O) groups excluding carboxylic acids is 2. The average molecular weight is 377 g/mol. The van der Waals surface area contributed by atoms with Gasteiger partial charge in [0.2, 0.25) is 11.8 Å². The third-order valence-electron chi connectivity index (χ3n) is 3.15. The first-order valence-electron chi connectivity index (χ1n) is 7.27. The predicted molar refractivity (Wildman–Crippen MR) is 98.0 cm³/mol. The van der Waals surface area contributed by atoms with Crippen molar-refractivity contribution in [2.45, 2.75) is 11.7 Å². The fraction of sp³-hybridized carbons (Fsp3) is 0.125. The number of carbonyl (C=O) groups is 2. The lowest BCUT2D eigenvalue weighted by atomic mass is 10.2. The molecule has 7 nitrogen and oxygen atoms in total. The largest absolute Gasteiger partial charge is 0.463 e. The lowest BCUT2D eigenvalue weighted by molar-refractivity contribution is -0.123. The fourth-order valence-corrected chi connectivity index (χ4v) is 3.06. The molecule has 2 heterocycles. The van der Waals surface area contributed by atoms with Crippen LogP contribution in [0.2, 0.25) is 5.02 Å². The van der Waals surface area contributed by atoms with Crippen molar-refractivity contribution in [1.29, 1.82) is 0 Å². The van der Waals surface area contributed by atoms with E-state index in [9.17, 15) is 9.59 Å². The van der Waals surface area contributed by atoms with Gasteiger partial charge < -0.3 is 15.1 Å². The Kier molecular flexibility index (Phi) is 5.52. The van der Waals surface area contributed by atoms with Crippen molar-refractivity contribution in [2.24, 2.45) is 10.2 Å². The number of thioether (sulfide) groups is 1. The highest BCUT2D eigenvalue weighted by atomic mass is 35.5. The molecular weight excluding hydrogens is 364 g/mol. The Hall–Kier alpha value is -2.58. The third kappa shape index (κ3) is 4.94. The number of furan rings is 1. The molecule has 0 radical (unpaired) electrons. The van der Waals surface area contributed by atoms with Crippen LogP contribution in [-0.4, -0.2) is 28.4 Å². The van der Waals surface area contributed by atoms with E-state index < -0.39 is 5.25 Å². The summed E-state index contributed by atoms with van der Waals surface area (Å²) in [5.74, 6) is -0.0413. The normalized spacial score (nSPS) is 19.2. The van der Waals surface area contributed by atoms with Crippen LogP contribution < -0.4 is 10.6 Å². The monoisotopic (exact) mass is 376 g/mol. The zero-order valence-corrected chi connectivity index (χ0v) is 14.4. The van der Waals surface area contributed by atoms with Crippen LogP contribution in [0.15, 0.2) is 57.3 Å². The molecule has 25 heavy (non-hydrogen) atoms. The minimum atomic E-state index is -0.595. The summed E-state index contributed by atoms with van der Waals surface area (Å²) in [4.78, 5) is 24.2. The van der Waals surface area contributed by atoms with Gasteiger partial charge in [0.1, 0.15) is 11.0 Å². The van der Waals surface area contributed by atoms with Crippen molar-refractivity contribution in [3.05, 3.63) is 53.4 Å². The van der Waals surface area contributed by atoms with Crippen molar-refractivity contribution < 1.29 is 14.0 Å². The molecule has 128 valence electrons. The second-order valence-electron chi connectivity index (χ2n) is 5.02. The molecular formula is C16H13ClN4O3S. The molecule has 0 spiro atoms. The zero-order chi connectivity index (χ0) is 17.6. The van der Waals surface area contributed by atoms with E-state index in [-0.39, 0.29) is 23.4 Å². The predicted octanol–water partition coefficient (Wildman–Crippen LogP) is 2.88. The molecule has 0 unspecified atom stereocenters. The number of benzene rings is 1. The minimum absolute atomic E-state index is 0.0605. The summed E-state index contributed by atoms with van der Waals surface area (Å²) in [7, 11) is 0. The van der Waals surface area contributed by atoms with Gasteiger partial charge in [-0.25, -0.2) is 0 Å². The van der Waals surface area contributed by atoms with Gasteiger partial charge in [0.25, 0.3) is 0 Å². The summed E-state index contributed by atoms with van der Waals surface area (Å²) in [6.45, 7) is 0. The van der Waals surface area contributed by atoms with Crippen LogP contribution >= 0.6 is 23.4 Å². The number of nitrogens with one attached hydrogen (secondary N) is 2. The number of amides is 2. The smallest absolute Gasteiger partial charge is 0.238 e. The summed E-state index contributed by atoms with van der Waals surface area (Å²) in [5, 5.41) is 13.3. The van der Waals surface area contributed by atoms with Crippen molar-refractivity contribution in [3.8, 4) is 0 Å². The van der Waals surface area contributed by atoms with Gasteiger partial charge in [-0.2, -0.15) is 5.10 Å². The number of amidine groups is 1. The Morgan fingerprint density at radius 3 is 2.88 bits per heavy atom. The van der Waals surface area contributed by atoms with E-state index in [1.165, 1.54) is 12.5 Å². The molecule has 2 amide bonds. The van der Waals surface area contributed by atoms with Crippen molar-refractivity contribution in [3.63, 3.8) is 0 Å². The molecule has 1 aliphatic rings.